The molecule has 3 atom stereocenters. The number of carbonyl (C=O) groups is 2. The van der Waals surface area contributed by atoms with Crippen LogP contribution in [0.15, 0.2) is 18.3 Å². The second kappa shape index (κ2) is 10.9. The maximum atomic E-state index is 14.8. The highest BCUT2D eigenvalue weighted by Crippen LogP contribution is 2.31. The van der Waals surface area contributed by atoms with Gasteiger partial charge in [-0.25, -0.2) is 14.1 Å². The Hall–Kier alpha value is -2.79. The number of rotatable bonds is 9. The van der Waals surface area contributed by atoms with Gasteiger partial charge in [0.15, 0.2) is 11.5 Å². The molecule has 2 aromatic rings. The molecule has 2 aromatic heterocycles. The van der Waals surface area contributed by atoms with Gasteiger partial charge in [0.2, 0.25) is 5.88 Å². The summed E-state index contributed by atoms with van der Waals surface area (Å²) in [5, 5.41) is 13.9. The van der Waals surface area contributed by atoms with Gasteiger partial charge in [-0.15, -0.1) is 0 Å². The highest BCUT2D eigenvalue weighted by atomic mass is 28.3. The molecule has 0 bridgehead atoms. The van der Waals surface area contributed by atoms with Crippen molar-refractivity contribution in [1.82, 2.24) is 19.7 Å². The molecule has 35 heavy (non-hydrogen) atoms. The first-order chi connectivity index (χ1) is 16.4. The molecule has 1 fully saturated rings. The van der Waals surface area contributed by atoms with Gasteiger partial charge < -0.3 is 19.5 Å². The van der Waals surface area contributed by atoms with Crippen molar-refractivity contribution >= 4 is 20.0 Å². The number of ether oxygens (including phenoxy) is 2. The van der Waals surface area contributed by atoms with Gasteiger partial charge >= 0.3 is 5.97 Å². The molecule has 9 nitrogen and oxygen atoms in total. The highest BCUT2D eigenvalue weighted by Gasteiger charge is 2.38. The fourth-order valence-electron chi connectivity index (χ4n) is 4.21. The van der Waals surface area contributed by atoms with Crippen molar-refractivity contribution in [2.24, 2.45) is 11.8 Å². The number of methoxy groups -OCH3 is 1. The van der Waals surface area contributed by atoms with E-state index in [1.807, 2.05) is 13.8 Å². The Bertz CT molecular complexity index is 1070. The average molecular weight is 507 g/mol. The third-order valence-electron chi connectivity index (χ3n) is 6.40. The van der Waals surface area contributed by atoms with E-state index < -0.39 is 25.8 Å². The van der Waals surface area contributed by atoms with Crippen molar-refractivity contribution in [3.05, 3.63) is 29.8 Å². The first-order valence-corrected chi connectivity index (χ1v) is 15.5. The molecule has 0 aromatic carbocycles. The van der Waals surface area contributed by atoms with Crippen LogP contribution in [-0.2, 0) is 16.3 Å². The quantitative estimate of drug-likeness (QED) is 0.405. The summed E-state index contributed by atoms with van der Waals surface area (Å²) in [6, 6.07) is 3.70. The van der Waals surface area contributed by atoms with Crippen LogP contribution >= 0.6 is 0 Å². The lowest BCUT2D eigenvalue weighted by Gasteiger charge is -2.39. The summed E-state index contributed by atoms with van der Waals surface area (Å²) in [5.41, 5.74) is 0.723. The minimum Gasteiger partial charge on any atom is -0.481 e. The molecule has 3 rings (SSSR count). The van der Waals surface area contributed by atoms with Crippen molar-refractivity contribution in [2.75, 3.05) is 20.3 Å². The summed E-state index contributed by atoms with van der Waals surface area (Å²) in [6.07, 6.45) is 1.44. The Morgan fingerprint density at radius 1 is 1.26 bits per heavy atom. The second-order valence-electron chi connectivity index (χ2n) is 10.4. The molecule has 3 unspecified atom stereocenters. The van der Waals surface area contributed by atoms with Crippen LogP contribution in [0, 0.1) is 17.7 Å². The molecule has 0 radical (unpaired) electrons. The van der Waals surface area contributed by atoms with Gasteiger partial charge in [-0.05, 0) is 31.4 Å². The minimum absolute atomic E-state index is 0.0597. The minimum atomic E-state index is -1.30. The predicted molar refractivity (Wildman–Crippen MR) is 131 cm³/mol. The number of carboxylic acids is 1. The number of nitrogens with zero attached hydrogens (tertiary/aromatic N) is 4. The van der Waals surface area contributed by atoms with Crippen molar-refractivity contribution in [3.63, 3.8) is 0 Å². The molecular formula is C24H35FN4O5Si. The Kier molecular flexibility index (Phi) is 8.32. The summed E-state index contributed by atoms with van der Waals surface area (Å²) in [6.45, 7) is 11.3. The summed E-state index contributed by atoms with van der Waals surface area (Å²) in [5.74, 6) is -2.20. The van der Waals surface area contributed by atoms with Crippen molar-refractivity contribution in [3.8, 4) is 17.1 Å². The SMILES string of the molecule is COc1cc(-c2cc(C(=O)N3CC(C)C(C(=O)O)CC3C)nn2COCC[Si](C)(C)C)c(F)cn1. The fraction of sp³-hybridized carbons (Fsp3) is 0.583. The number of hydrogen-bond donors (Lipinski definition) is 1. The molecule has 1 amide bonds. The molecule has 1 aliphatic rings. The molecule has 1 aliphatic heterocycles. The van der Waals surface area contributed by atoms with Crippen molar-refractivity contribution in [2.45, 2.75) is 58.7 Å². The zero-order valence-electron chi connectivity index (χ0n) is 21.2. The van der Waals surface area contributed by atoms with Crippen molar-refractivity contribution < 1.29 is 28.6 Å². The third kappa shape index (κ3) is 6.46. The summed E-state index contributed by atoms with van der Waals surface area (Å²) in [7, 11) is 0.144. The van der Waals surface area contributed by atoms with E-state index in [2.05, 4.69) is 29.7 Å². The van der Waals surface area contributed by atoms with Gasteiger partial charge in [0, 0.05) is 38.9 Å². The number of hydrogen-bond acceptors (Lipinski definition) is 6. The lowest BCUT2D eigenvalue weighted by Crippen LogP contribution is -2.50. The van der Waals surface area contributed by atoms with E-state index >= 15 is 0 Å². The highest BCUT2D eigenvalue weighted by molar-refractivity contribution is 6.76. The zero-order valence-corrected chi connectivity index (χ0v) is 22.2. The summed E-state index contributed by atoms with van der Waals surface area (Å²) >= 11 is 0. The first kappa shape index (κ1) is 26.8. The number of carboxylic acid groups (broad SMARTS) is 1. The Balaban J connectivity index is 1.91. The number of carbonyl (C=O) groups excluding carboxylic acids is 1. The zero-order chi connectivity index (χ0) is 25.9. The normalized spacial score (nSPS) is 20.7. The van der Waals surface area contributed by atoms with Gasteiger partial charge in [0.1, 0.15) is 6.73 Å². The Morgan fingerprint density at radius 3 is 2.60 bits per heavy atom. The van der Waals surface area contributed by atoms with E-state index in [0.29, 0.717) is 25.3 Å². The first-order valence-electron chi connectivity index (χ1n) is 11.8. The number of likely N-dealkylation sites (tertiary alicyclic amines) is 1. The van der Waals surface area contributed by atoms with Crippen LogP contribution in [0.25, 0.3) is 11.3 Å². The van der Waals surface area contributed by atoms with Crippen LogP contribution in [0.4, 0.5) is 4.39 Å². The molecule has 11 heteroatoms. The molecule has 0 aliphatic carbocycles. The molecule has 0 spiro atoms. The molecule has 1 N–H and O–H groups in total. The molecule has 3 heterocycles. The number of halogens is 1. The predicted octanol–water partition coefficient (Wildman–Crippen LogP) is 3.98. The lowest BCUT2D eigenvalue weighted by molar-refractivity contribution is -0.146. The molecule has 192 valence electrons. The van der Waals surface area contributed by atoms with Gasteiger partial charge in [0.25, 0.3) is 5.91 Å². The topological polar surface area (TPSA) is 107 Å². The molecule has 1 saturated heterocycles. The smallest absolute Gasteiger partial charge is 0.306 e. The summed E-state index contributed by atoms with van der Waals surface area (Å²) < 4.78 is 27.2. The van der Waals surface area contributed by atoms with E-state index in [9.17, 15) is 19.1 Å². The van der Waals surface area contributed by atoms with Gasteiger partial charge in [-0.1, -0.05) is 26.6 Å². The number of aromatic nitrogens is 3. The molecular weight excluding hydrogens is 471 g/mol. The van der Waals surface area contributed by atoms with Crippen LogP contribution in [0.1, 0.15) is 30.8 Å². The van der Waals surface area contributed by atoms with E-state index in [1.165, 1.54) is 17.9 Å². The van der Waals surface area contributed by atoms with Crippen LogP contribution in [0.3, 0.4) is 0 Å². The lowest BCUT2D eigenvalue weighted by atomic mass is 9.83. The standard InChI is InChI=1S/C24H35FN4O5Si/c1-15-13-28(16(2)9-17(15)24(31)32)23(30)20-11-21(18-10-22(33-3)26-12-19(18)25)29(27-20)14-34-7-8-35(4,5)6/h10-12,15-17H,7-9,13-14H2,1-6H3,(H,31,32). The fourth-order valence-corrected chi connectivity index (χ4v) is 4.97. The monoisotopic (exact) mass is 506 g/mol. The maximum absolute atomic E-state index is 14.8. The van der Waals surface area contributed by atoms with Gasteiger partial charge in [-0.2, -0.15) is 5.10 Å². The van der Waals surface area contributed by atoms with Crippen LogP contribution in [0.2, 0.25) is 25.7 Å². The maximum Gasteiger partial charge on any atom is 0.306 e. The van der Waals surface area contributed by atoms with E-state index in [0.717, 1.165) is 12.2 Å². The largest absolute Gasteiger partial charge is 0.481 e. The number of piperidine rings is 1. The van der Waals surface area contributed by atoms with E-state index in [-0.39, 0.29) is 41.7 Å². The Labute approximate surface area is 206 Å². The van der Waals surface area contributed by atoms with Crippen LogP contribution < -0.4 is 4.74 Å². The van der Waals surface area contributed by atoms with Gasteiger partial charge in [0.05, 0.1) is 24.9 Å². The second-order valence-corrected chi connectivity index (χ2v) is 16.1. The van der Waals surface area contributed by atoms with E-state index in [1.54, 1.807) is 11.0 Å². The summed E-state index contributed by atoms with van der Waals surface area (Å²) in [4.78, 5) is 30.5. The average Bonchev–Trinajstić information content (AvgIpc) is 3.21. The van der Waals surface area contributed by atoms with Crippen LogP contribution in [0.5, 0.6) is 5.88 Å². The Morgan fingerprint density at radius 2 is 1.97 bits per heavy atom. The number of aliphatic carboxylic acids is 1. The third-order valence-corrected chi connectivity index (χ3v) is 8.11. The molecule has 0 saturated carbocycles. The van der Waals surface area contributed by atoms with Crippen LogP contribution in [-0.4, -0.2) is 71.0 Å². The van der Waals surface area contributed by atoms with E-state index in [4.69, 9.17) is 9.47 Å². The number of amides is 1. The van der Waals surface area contributed by atoms with Gasteiger partial charge in [-0.3, -0.25) is 9.59 Å². The number of pyridine rings is 1. The van der Waals surface area contributed by atoms with Crippen molar-refractivity contribution in [1.29, 1.82) is 0 Å².